The van der Waals surface area contributed by atoms with Gasteiger partial charge in [0.2, 0.25) is 18.6 Å². The summed E-state index contributed by atoms with van der Waals surface area (Å²) in [5.41, 5.74) is 1.78. The molecule has 0 saturated heterocycles. The number of carbonyl (C=O) groups excluding carboxylic acids is 2. The average molecular weight is 507 g/mol. The molecule has 0 saturated carbocycles. The smallest absolute Gasteiger partial charge is 0.291 e. The number of likely N-dealkylation sites (N-methyl/N-ethyl adjacent to an activating group) is 2. The van der Waals surface area contributed by atoms with Crippen molar-refractivity contribution in [1.29, 1.82) is 0 Å². The molecule has 3 aromatic rings. The lowest BCUT2D eigenvalue weighted by molar-refractivity contribution is -0.118. The van der Waals surface area contributed by atoms with E-state index in [1.807, 2.05) is 6.92 Å². The van der Waals surface area contributed by atoms with Gasteiger partial charge in [-0.15, -0.1) is 9.24 Å². The molecule has 0 N–H and O–H groups in total. The minimum absolute atomic E-state index is 0.143. The first-order valence-corrected chi connectivity index (χ1v) is 11.0. The Morgan fingerprint density at radius 2 is 1.91 bits per heavy atom. The molecule has 3 rings (SSSR count). The van der Waals surface area contributed by atoms with Gasteiger partial charge in [0.15, 0.2) is 0 Å². The van der Waals surface area contributed by atoms with E-state index >= 15 is 0 Å². The molecule has 1 aromatic heterocycles. The topological polar surface area (TPSA) is 75.6 Å². The van der Waals surface area contributed by atoms with Crippen molar-refractivity contribution in [2.45, 2.75) is 6.92 Å². The molecule has 2 amide bonds. The Morgan fingerprint density at radius 3 is 2.62 bits per heavy atom. The summed E-state index contributed by atoms with van der Waals surface area (Å²) in [5, 5.41) is 0.777. The molecule has 1 unspecified atom stereocenters. The van der Waals surface area contributed by atoms with Crippen molar-refractivity contribution >= 4 is 43.6 Å². The Bertz CT molecular complexity index is 1240. The third kappa shape index (κ3) is 5.66. The molecule has 34 heavy (non-hydrogen) atoms. The number of rotatable bonds is 7. The molecule has 11 heteroatoms. The van der Waals surface area contributed by atoms with Crippen molar-refractivity contribution in [3.63, 3.8) is 0 Å². The molecule has 178 valence electrons. The molecule has 0 radical (unpaired) electrons. The third-order valence-electron chi connectivity index (χ3n) is 4.99. The van der Waals surface area contributed by atoms with Crippen LogP contribution in [0.25, 0.3) is 11.3 Å². The van der Waals surface area contributed by atoms with Gasteiger partial charge in [0.05, 0.1) is 22.6 Å². The molecule has 0 aliphatic rings. The lowest BCUT2D eigenvalue weighted by Gasteiger charge is -2.23. The maximum Gasteiger partial charge on any atom is 0.291 e. The number of carbonyl (C=O) groups is 2. The van der Waals surface area contributed by atoms with Gasteiger partial charge in [-0.25, -0.2) is 18.7 Å². The molecule has 0 spiro atoms. The quantitative estimate of drug-likeness (QED) is 0.456. The van der Waals surface area contributed by atoms with Crippen LogP contribution in [0.2, 0.25) is 5.02 Å². The molecule has 2 aromatic carbocycles. The van der Waals surface area contributed by atoms with Crippen LogP contribution in [0.4, 0.5) is 14.5 Å². The number of halogens is 3. The molecular formula is C23H22ClF2N4O3P. The SMILES string of the molecule is Cc1ccc(N(C)C(=O)CN(C)C(=O)c2ncc(Cl)c(-c3cc(F)ccc3P)n2)c(OCF)c1. The van der Waals surface area contributed by atoms with Crippen LogP contribution in [0.15, 0.2) is 42.6 Å². The molecule has 0 aliphatic heterocycles. The van der Waals surface area contributed by atoms with Crippen molar-refractivity contribution < 1.29 is 23.1 Å². The van der Waals surface area contributed by atoms with E-state index in [9.17, 15) is 18.4 Å². The number of anilines is 1. The zero-order valence-electron chi connectivity index (χ0n) is 18.7. The zero-order valence-corrected chi connectivity index (χ0v) is 20.6. The fraction of sp³-hybridized carbons (Fsp3) is 0.217. The minimum Gasteiger partial charge on any atom is -0.461 e. The second-order valence-corrected chi connectivity index (χ2v) is 8.49. The monoisotopic (exact) mass is 506 g/mol. The summed E-state index contributed by atoms with van der Waals surface area (Å²) in [7, 11) is 5.37. The largest absolute Gasteiger partial charge is 0.461 e. The van der Waals surface area contributed by atoms with Gasteiger partial charge < -0.3 is 14.5 Å². The van der Waals surface area contributed by atoms with Gasteiger partial charge in [0, 0.05) is 19.7 Å². The Hall–Kier alpha value is -3.16. The maximum absolute atomic E-state index is 13.8. The molecular weight excluding hydrogens is 485 g/mol. The Morgan fingerprint density at radius 1 is 1.18 bits per heavy atom. The van der Waals surface area contributed by atoms with Gasteiger partial charge >= 0.3 is 0 Å². The summed E-state index contributed by atoms with van der Waals surface area (Å²) in [6, 6.07) is 9.10. The summed E-state index contributed by atoms with van der Waals surface area (Å²) in [6.07, 6.45) is 1.25. The van der Waals surface area contributed by atoms with Gasteiger partial charge in [0.1, 0.15) is 18.1 Å². The predicted molar refractivity (Wildman–Crippen MR) is 130 cm³/mol. The van der Waals surface area contributed by atoms with Crippen LogP contribution in [0.3, 0.4) is 0 Å². The van der Waals surface area contributed by atoms with E-state index in [4.69, 9.17) is 16.3 Å². The fourth-order valence-electron chi connectivity index (χ4n) is 3.15. The normalized spacial score (nSPS) is 10.7. The molecule has 0 fully saturated rings. The fourth-order valence-corrected chi connectivity index (χ4v) is 3.66. The summed E-state index contributed by atoms with van der Waals surface area (Å²) in [6.45, 7) is 0.457. The number of benzene rings is 2. The van der Waals surface area contributed by atoms with Gasteiger partial charge in [-0.1, -0.05) is 23.7 Å². The highest BCUT2D eigenvalue weighted by Gasteiger charge is 2.23. The number of nitrogens with zero attached hydrogens (tertiary/aromatic N) is 4. The molecule has 0 bridgehead atoms. The lowest BCUT2D eigenvalue weighted by atomic mass is 10.1. The first kappa shape index (κ1) is 25.5. The summed E-state index contributed by atoms with van der Waals surface area (Å²) < 4.78 is 31.5. The van der Waals surface area contributed by atoms with Gasteiger partial charge in [-0.2, -0.15) is 0 Å². The predicted octanol–water partition coefficient (Wildman–Crippen LogP) is 3.79. The highest BCUT2D eigenvalue weighted by molar-refractivity contribution is 7.28. The number of amides is 2. The van der Waals surface area contributed by atoms with Crippen molar-refractivity contribution in [3.05, 3.63) is 64.8 Å². The molecule has 7 nitrogen and oxygen atoms in total. The maximum atomic E-state index is 13.8. The van der Waals surface area contributed by atoms with E-state index in [1.54, 1.807) is 24.3 Å². The molecule has 1 heterocycles. The summed E-state index contributed by atoms with van der Waals surface area (Å²) >= 11 is 6.20. The van der Waals surface area contributed by atoms with Crippen LogP contribution in [0, 0.1) is 12.7 Å². The Kier molecular flexibility index (Phi) is 8.12. The zero-order chi connectivity index (χ0) is 25.0. The third-order valence-corrected chi connectivity index (χ3v) is 5.77. The van der Waals surface area contributed by atoms with Crippen molar-refractivity contribution in [1.82, 2.24) is 14.9 Å². The standard InChI is InChI=1S/C23H22ClF2N4O3P/c1-13-4-6-17(18(8-13)33-12-25)30(3)20(31)11-29(2)23(32)22-27-10-16(24)21(28-22)15-9-14(26)5-7-19(15)34/h4-10H,11-12,34H2,1-3H3. The number of hydrogen-bond donors (Lipinski definition) is 0. The number of aromatic nitrogens is 2. The first-order valence-electron chi connectivity index (χ1n) is 10.0. The van der Waals surface area contributed by atoms with Crippen molar-refractivity contribution in [2.75, 3.05) is 32.4 Å². The van der Waals surface area contributed by atoms with Crippen LogP contribution >= 0.6 is 20.8 Å². The first-order chi connectivity index (χ1) is 16.1. The molecule has 0 aliphatic carbocycles. The van der Waals surface area contributed by atoms with Crippen LogP contribution in [-0.2, 0) is 4.79 Å². The van der Waals surface area contributed by atoms with E-state index < -0.39 is 24.5 Å². The van der Waals surface area contributed by atoms with E-state index in [-0.39, 0.29) is 28.8 Å². The summed E-state index contributed by atoms with van der Waals surface area (Å²) in [5.74, 6) is -1.56. The Balaban J connectivity index is 1.81. The van der Waals surface area contributed by atoms with Gasteiger partial charge in [-0.3, -0.25) is 9.59 Å². The highest BCUT2D eigenvalue weighted by Crippen LogP contribution is 2.29. The average Bonchev–Trinajstić information content (AvgIpc) is 2.80. The Labute approximate surface area is 202 Å². The second-order valence-electron chi connectivity index (χ2n) is 7.46. The van der Waals surface area contributed by atoms with Crippen LogP contribution in [0.5, 0.6) is 5.75 Å². The van der Waals surface area contributed by atoms with E-state index in [1.165, 1.54) is 37.3 Å². The molecule has 1 atom stereocenters. The van der Waals surface area contributed by atoms with E-state index in [0.717, 1.165) is 10.5 Å². The number of ether oxygens (including phenoxy) is 1. The number of aryl methyl sites for hydroxylation is 1. The van der Waals surface area contributed by atoms with Gasteiger partial charge in [0.25, 0.3) is 5.91 Å². The van der Waals surface area contributed by atoms with Gasteiger partial charge in [-0.05, 0) is 42.1 Å². The van der Waals surface area contributed by atoms with Crippen LogP contribution in [-0.4, -0.2) is 54.2 Å². The minimum atomic E-state index is -1.05. The van der Waals surface area contributed by atoms with Crippen LogP contribution < -0.4 is 14.9 Å². The number of alkyl halides is 1. The highest BCUT2D eigenvalue weighted by atomic mass is 35.5. The summed E-state index contributed by atoms with van der Waals surface area (Å²) in [4.78, 5) is 36.4. The second kappa shape index (κ2) is 10.8. The lowest BCUT2D eigenvalue weighted by Crippen LogP contribution is -2.40. The van der Waals surface area contributed by atoms with E-state index in [2.05, 4.69) is 19.2 Å². The van der Waals surface area contributed by atoms with E-state index in [0.29, 0.717) is 16.6 Å². The van der Waals surface area contributed by atoms with Crippen molar-refractivity contribution in [3.8, 4) is 17.0 Å². The van der Waals surface area contributed by atoms with Crippen LogP contribution in [0.1, 0.15) is 16.2 Å². The number of hydrogen-bond acceptors (Lipinski definition) is 5. The van der Waals surface area contributed by atoms with Crippen molar-refractivity contribution in [2.24, 2.45) is 0 Å².